The standard InChI is InChI=1S/C18H35N5O2/c1-2-20-18(23-9-5-6-16(15-23)14-17(19)24)21-7-3-4-8-22-10-12-25-13-11-22/h16H,2-15H2,1H3,(H2,19,24)(H,20,21). The molecule has 7 heteroatoms. The first-order valence-corrected chi connectivity index (χ1v) is 9.80. The summed E-state index contributed by atoms with van der Waals surface area (Å²) < 4.78 is 5.38. The maximum absolute atomic E-state index is 11.2. The van der Waals surface area contributed by atoms with E-state index in [1.807, 2.05) is 0 Å². The van der Waals surface area contributed by atoms with E-state index in [0.717, 1.165) is 84.2 Å². The van der Waals surface area contributed by atoms with Crippen molar-refractivity contribution in [2.24, 2.45) is 16.6 Å². The Bertz CT molecular complexity index is 424. The number of carbonyl (C=O) groups is 1. The van der Waals surface area contributed by atoms with E-state index in [-0.39, 0.29) is 5.91 Å². The monoisotopic (exact) mass is 353 g/mol. The van der Waals surface area contributed by atoms with Crippen molar-refractivity contribution in [3.63, 3.8) is 0 Å². The van der Waals surface area contributed by atoms with Crippen LogP contribution in [0, 0.1) is 5.92 Å². The summed E-state index contributed by atoms with van der Waals surface area (Å²) in [4.78, 5) is 20.8. The molecule has 7 nitrogen and oxygen atoms in total. The van der Waals surface area contributed by atoms with Crippen LogP contribution in [0.5, 0.6) is 0 Å². The van der Waals surface area contributed by atoms with Crippen LogP contribution < -0.4 is 11.1 Å². The van der Waals surface area contributed by atoms with Gasteiger partial charge in [0.1, 0.15) is 0 Å². The number of nitrogens with one attached hydrogen (secondary N) is 1. The van der Waals surface area contributed by atoms with Crippen LogP contribution in [-0.2, 0) is 9.53 Å². The molecule has 1 atom stereocenters. The number of morpholine rings is 1. The highest BCUT2D eigenvalue weighted by Crippen LogP contribution is 2.19. The SMILES string of the molecule is CCNC(=NCCCCN1CCOCC1)N1CCCC(CC(N)=O)C1. The second-order valence-electron chi connectivity index (χ2n) is 7.02. The summed E-state index contributed by atoms with van der Waals surface area (Å²) in [6, 6.07) is 0. The number of hydrogen-bond donors (Lipinski definition) is 2. The van der Waals surface area contributed by atoms with Crippen molar-refractivity contribution in [2.45, 2.75) is 39.0 Å². The van der Waals surface area contributed by atoms with Gasteiger partial charge in [-0.1, -0.05) is 0 Å². The van der Waals surface area contributed by atoms with Crippen molar-refractivity contribution >= 4 is 11.9 Å². The lowest BCUT2D eigenvalue weighted by molar-refractivity contribution is -0.119. The van der Waals surface area contributed by atoms with Crippen LogP contribution in [0.3, 0.4) is 0 Å². The number of aliphatic imine (C=N–C) groups is 1. The molecule has 2 rings (SSSR count). The van der Waals surface area contributed by atoms with Gasteiger partial charge < -0.3 is 20.7 Å². The molecule has 0 saturated carbocycles. The van der Waals surface area contributed by atoms with Crippen molar-refractivity contribution in [2.75, 3.05) is 59.0 Å². The average Bonchev–Trinajstić information content (AvgIpc) is 2.61. The van der Waals surface area contributed by atoms with Crippen LogP contribution in [0.15, 0.2) is 4.99 Å². The molecule has 2 aliphatic heterocycles. The van der Waals surface area contributed by atoms with E-state index < -0.39 is 0 Å². The minimum absolute atomic E-state index is 0.197. The third-order valence-electron chi connectivity index (χ3n) is 4.89. The molecular weight excluding hydrogens is 318 g/mol. The quantitative estimate of drug-likeness (QED) is 0.380. The fourth-order valence-electron chi connectivity index (χ4n) is 3.59. The third kappa shape index (κ3) is 7.61. The van der Waals surface area contributed by atoms with Gasteiger partial charge in [-0.05, 0) is 45.1 Å². The lowest BCUT2D eigenvalue weighted by atomic mass is 9.95. The molecule has 2 saturated heterocycles. The lowest BCUT2D eigenvalue weighted by Gasteiger charge is -2.34. The van der Waals surface area contributed by atoms with Crippen molar-refractivity contribution in [1.29, 1.82) is 0 Å². The Kier molecular flexibility index (Phi) is 9.04. The fourth-order valence-corrected chi connectivity index (χ4v) is 3.59. The summed E-state index contributed by atoms with van der Waals surface area (Å²) >= 11 is 0. The van der Waals surface area contributed by atoms with Crippen molar-refractivity contribution in [1.82, 2.24) is 15.1 Å². The predicted molar refractivity (Wildman–Crippen MR) is 101 cm³/mol. The summed E-state index contributed by atoms with van der Waals surface area (Å²) in [5.41, 5.74) is 5.36. The predicted octanol–water partition coefficient (Wildman–Crippen LogP) is 0.652. The van der Waals surface area contributed by atoms with E-state index in [9.17, 15) is 4.79 Å². The van der Waals surface area contributed by atoms with E-state index in [0.29, 0.717) is 12.3 Å². The smallest absolute Gasteiger partial charge is 0.217 e. The van der Waals surface area contributed by atoms with Gasteiger partial charge in [-0.15, -0.1) is 0 Å². The molecule has 0 aromatic carbocycles. The van der Waals surface area contributed by atoms with Gasteiger partial charge in [0.25, 0.3) is 0 Å². The van der Waals surface area contributed by atoms with Gasteiger partial charge in [0, 0.05) is 45.7 Å². The van der Waals surface area contributed by atoms with Gasteiger partial charge in [-0.25, -0.2) is 0 Å². The Balaban J connectivity index is 1.73. The maximum Gasteiger partial charge on any atom is 0.217 e. The van der Waals surface area contributed by atoms with Crippen LogP contribution in [0.1, 0.15) is 39.0 Å². The Morgan fingerprint density at radius 2 is 2.08 bits per heavy atom. The molecule has 0 radical (unpaired) electrons. The molecule has 3 N–H and O–H groups in total. The minimum Gasteiger partial charge on any atom is -0.379 e. The van der Waals surface area contributed by atoms with Crippen LogP contribution >= 0.6 is 0 Å². The van der Waals surface area contributed by atoms with E-state index in [2.05, 4.69) is 22.0 Å². The number of guanidine groups is 1. The number of nitrogens with two attached hydrogens (primary N) is 1. The van der Waals surface area contributed by atoms with E-state index in [1.165, 1.54) is 6.42 Å². The number of rotatable bonds is 8. The van der Waals surface area contributed by atoms with Crippen molar-refractivity contribution in [3.05, 3.63) is 0 Å². The number of primary amides is 1. The molecule has 2 fully saturated rings. The topological polar surface area (TPSA) is 83.2 Å². The zero-order valence-electron chi connectivity index (χ0n) is 15.7. The number of carbonyl (C=O) groups excluding carboxylic acids is 1. The molecule has 0 aromatic heterocycles. The molecule has 0 aromatic rings. The average molecular weight is 354 g/mol. The number of amides is 1. The molecule has 25 heavy (non-hydrogen) atoms. The van der Waals surface area contributed by atoms with Crippen molar-refractivity contribution < 1.29 is 9.53 Å². The van der Waals surface area contributed by atoms with Crippen LogP contribution in [0.2, 0.25) is 0 Å². The molecule has 144 valence electrons. The molecule has 2 aliphatic rings. The number of piperidine rings is 1. The molecule has 0 aliphatic carbocycles. The highest BCUT2D eigenvalue weighted by Gasteiger charge is 2.23. The number of hydrogen-bond acceptors (Lipinski definition) is 4. The Labute approximate surface area is 152 Å². The van der Waals surface area contributed by atoms with Crippen molar-refractivity contribution in [3.8, 4) is 0 Å². The summed E-state index contributed by atoms with van der Waals surface area (Å²) in [6.45, 7) is 10.7. The van der Waals surface area contributed by atoms with Gasteiger partial charge >= 0.3 is 0 Å². The summed E-state index contributed by atoms with van der Waals surface area (Å²) in [5, 5.41) is 3.40. The minimum atomic E-state index is -0.197. The number of likely N-dealkylation sites (tertiary alicyclic amines) is 1. The normalized spacial score (nSPS) is 22.8. The zero-order valence-corrected chi connectivity index (χ0v) is 15.7. The number of unbranched alkanes of at least 4 members (excludes halogenated alkanes) is 1. The Hall–Kier alpha value is -1.34. The largest absolute Gasteiger partial charge is 0.379 e. The van der Waals surface area contributed by atoms with Gasteiger partial charge in [-0.2, -0.15) is 0 Å². The third-order valence-corrected chi connectivity index (χ3v) is 4.89. The van der Waals surface area contributed by atoms with Crippen LogP contribution in [0.25, 0.3) is 0 Å². The molecule has 2 heterocycles. The lowest BCUT2D eigenvalue weighted by Crippen LogP contribution is -2.47. The van der Waals surface area contributed by atoms with E-state index >= 15 is 0 Å². The van der Waals surface area contributed by atoms with Gasteiger partial charge in [0.2, 0.25) is 5.91 Å². The summed E-state index contributed by atoms with van der Waals surface area (Å²) in [5.74, 6) is 1.15. The number of ether oxygens (including phenoxy) is 1. The molecular formula is C18H35N5O2. The summed E-state index contributed by atoms with van der Waals surface area (Å²) in [7, 11) is 0. The zero-order chi connectivity index (χ0) is 17.9. The fraction of sp³-hybridized carbons (Fsp3) is 0.889. The maximum atomic E-state index is 11.2. The summed E-state index contributed by atoms with van der Waals surface area (Å²) in [6.07, 6.45) is 4.94. The molecule has 1 amide bonds. The number of nitrogens with zero attached hydrogens (tertiary/aromatic N) is 3. The first-order chi connectivity index (χ1) is 12.2. The molecule has 1 unspecified atom stereocenters. The first-order valence-electron chi connectivity index (χ1n) is 9.80. The Morgan fingerprint density at radius 1 is 1.28 bits per heavy atom. The van der Waals surface area contributed by atoms with E-state index in [1.54, 1.807) is 0 Å². The van der Waals surface area contributed by atoms with Crippen LogP contribution in [0.4, 0.5) is 0 Å². The van der Waals surface area contributed by atoms with Crippen LogP contribution in [-0.4, -0.2) is 80.7 Å². The highest BCUT2D eigenvalue weighted by atomic mass is 16.5. The highest BCUT2D eigenvalue weighted by molar-refractivity contribution is 5.80. The van der Waals surface area contributed by atoms with Gasteiger partial charge in [0.15, 0.2) is 5.96 Å². The molecule has 0 spiro atoms. The second-order valence-corrected chi connectivity index (χ2v) is 7.02. The first kappa shape index (κ1) is 20.0. The van der Waals surface area contributed by atoms with E-state index in [4.69, 9.17) is 15.5 Å². The Morgan fingerprint density at radius 3 is 2.80 bits per heavy atom. The molecule has 0 bridgehead atoms. The van der Waals surface area contributed by atoms with Gasteiger partial charge in [0.05, 0.1) is 13.2 Å². The van der Waals surface area contributed by atoms with Gasteiger partial charge in [-0.3, -0.25) is 14.7 Å². The second kappa shape index (κ2) is 11.3.